The third-order valence-corrected chi connectivity index (χ3v) is 6.19. The van der Waals surface area contributed by atoms with Crippen LogP contribution in [0.1, 0.15) is 46.1 Å². The number of carbonyl (C=O) groups is 1. The van der Waals surface area contributed by atoms with E-state index in [2.05, 4.69) is 27.7 Å². The van der Waals surface area contributed by atoms with Gasteiger partial charge in [-0.3, -0.25) is 4.79 Å². The average molecular weight is 364 g/mol. The van der Waals surface area contributed by atoms with Crippen molar-refractivity contribution in [3.8, 4) is 0 Å². The van der Waals surface area contributed by atoms with Crippen LogP contribution in [0.2, 0.25) is 0 Å². The van der Waals surface area contributed by atoms with Crippen LogP contribution in [0.3, 0.4) is 0 Å². The summed E-state index contributed by atoms with van der Waals surface area (Å²) in [5.74, 6) is 0.834. The molecule has 4 nitrogen and oxygen atoms in total. The van der Waals surface area contributed by atoms with Crippen molar-refractivity contribution in [2.45, 2.75) is 52.4 Å². The molecule has 0 bridgehead atoms. The van der Waals surface area contributed by atoms with Crippen LogP contribution in [0.25, 0.3) is 0 Å². The van der Waals surface area contributed by atoms with Gasteiger partial charge in [0.25, 0.3) is 0 Å². The minimum Gasteiger partial charge on any atom is -0.293 e. The molecule has 0 unspecified atom stereocenters. The van der Waals surface area contributed by atoms with Gasteiger partial charge in [0.15, 0.2) is 5.78 Å². The van der Waals surface area contributed by atoms with Crippen molar-refractivity contribution in [3.63, 3.8) is 0 Å². The van der Waals surface area contributed by atoms with Gasteiger partial charge in [0.2, 0.25) is 10.0 Å². The van der Waals surface area contributed by atoms with Gasteiger partial charge >= 0.3 is 0 Å². The molecule has 0 radical (unpaired) electrons. The van der Waals surface area contributed by atoms with E-state index in [1.54, 1.807) is 24.3 Å². The predicted octanol–water partition coefficient (Wildman–Crippen LogP) is 3.96. The second-order valence-electron chi connectivity index (χ2n) is 7.79. The van der Waals surface area contributed by atoms with E-state index in [1.807, 2.05) is 6.92 Å². The molecule has 0 atom stereocenters. The Labute approximate surface area is 152 Å². The first-order chi connectivity index (χ1) is 11.6. The van der Waals surface area contributed by atoms with E-state index in [9.17, 15) is 13.2 Å². The maximum atomic E-state index is 12.9. The molecular weight excluding hydrogens is 334 g/mol. The molecule has 0 spiro atoms. The van der Waals surface area contributed by atoms with Crippen molar-refractivity contribution < 1.29 is 13.2 Å². The molecule has 1 aliphatic rings. The van der Waals surface area contributed by atoms with Crippen molar-refractivity contribution in [2.75, 3.05) is 13.1 Å². The SMILES string of the molecule is Cc1ccc(S(=O)(=O)N2CC(=O)C(=C(CC(C)C)CC(C)C)C2)cc1. The summed E-state index contributed by atoms with van der Waals surface area (Å²) in [6, 6.07) is 6.79. The Morgan fingerprint density at radius 1 is 1.00 bits per heavy atom. The van der Waals surface area contributed by atoms with E-state index in [4.69, 9.17) is 0 Å². The second-order valence-corrected chi connectivity index (χ2v) is 9.73. The number of carbonyl (C=O) groups excluding carboxylic acids is 1. The lowest BCUT2D eigenvalue weighted by Gasteiger charge is -2.17. The Morgan fingerprint density at radius 2 is 1.52 bits per heavy atom. The van der Waals surface area contributed by atoms with Gasteiger partial charge in [-0.15, -0.1) is 0 Å². The van der Waals surface area contributed by atoms with Crippen LogP contribution in [0, 0.1) is 18.8 Å². The zero-order chi connectivity index (χ0) is 18.8. The number of rotatable bonds is 6. The molecular formula is C20H29NO3S. The summed E-state index contributed by atoms with van der Waals surface area (Å²) in [6.45, 7) is 10.6. The summed E-state index contributed by atoms with van der Waals surface area (Å²) in [5, 5.41) is 0. The Bertz CT molecular complexity index is 747. The molecule has 0 aliphatic carbocycles. The number of ketones is 1. The van der Waals surface area contributed by atoms with Gasteiger partial charge in [-0.1, -0.05) is 51.0 Å². The summed E-state index contributed by atoms with van der Waals surface area (Å²) < 4.78 is 27.0. The highest BCUT2D eigenvalue weighted by Crippen LogP contribution is 2.29. The second kappa shape index (κ2) is 7.83. The zero-order valence-electron chi connectivity index (χ0n) is 15.9. The highest BCUT2D eigenvalue weighted by Gasteiger charge is 2.36. The number of allylic oxidation sites excluding steroid dienone is 1. The highest BCUT2D eigenvalue weighted by atomic mass is 32.2. The number of nitrogens with zero attached hydrogens (tertiary/aromatic N) is 1. The van der Waals surface area contributed by atoms with Crippen LogP contribution in [-0.4, -0.2) is 31.6 Å². The van der Waals surface area contributed by atoms with E-state index in [-0.39, 0.29) is 23.8 Å². The quantitative estimate of drug-likeness (QED) is 0.719. The zero-order valence-corrected chi connectivity index (χ0v) is 16.7. The van der Waals surface area contributed by atoms with Crippen LogP contribution in [-0.2, 0) is 14.8 Å². The number of hydrogen-bond donors (Lipinski definition) is 0. The number of benzene rings is 1. The Balaban J connectivity index is 2.33. The summed E-state index contributed by atoms with van der Waals surface area (Å²) in [4.78, 5) is 12.8. The highest BCUT2D eigenvalue weighted by molar-refractivity contribution is 7.89. The van der Waals surface area contributed by atoms with Crippen LogP contribution in [0.4, 0.5) is 0 Å². The van der Waals surface area contributed by atoms with E-state index in [1.165, 1.54) is 4.31 Å². The monoisotopic (exact) mass is 363 g/mol. The average Bonchev–Trinajstić information content (AvgIpc) is 2.89. The van der Waals surface area contributed by atoms with Gasteiger partial charge in [-0.25, -0.2) is 8.42 Å². The fourth-order valence-corrected chi connectivity index (χ4v) is 4.59. The van der Waals surface area contributed by atoms with Crippen LogP contribution >= 0.6 is 0 Å². The van der Waals surface area contributed by atoms with Crippen LogP contribution in [0.5, 0.6) is 0 Å². The molecule has 0 saturated carbocycles. The Kier molecular flexibility index (Phi) is 6.22. The topological polar surface area (TPSA) is 54.5 Å². The maximum Gasteiger partial charge on any atom is 0.243 e. The third kappa shape index (κ3) is 4.79. The minimum atomic E-state index is -3.63. The van der Waals surface area contributed by atoms with Crippen LogP contribution < -0.4 is 0 Å². The van der Waals surface area contributed by atoms with Crippen molar-refractivity contribution >= 4 is 15.8 Å². The lowest BCUT2D eigenvalue weighted by Crippen LogP contribution is -2.29. The normalized spacial score (nSPS) is 16.3. The first-order valence-corrected chi connectivity index (χ1v) is 10.4. The molecule has 25 heavy (non-hydrogen) atoms. The number of Topliss-reactive ketones (excluding diaryl/α,β-unsaturated/α-hetero) is 1. The molecule has 1 saturated heterocycles. The molecule has 1 aliphatic heterocycles. The van der Waals surface area contributed by atoms with Crippen molar-refractivity contribution in [1.82, 2.24) is 4.31 Å². The van der Waals surface area contributed by atoms with E-state index >= 15 is 0 Å². The van der Waals surface area contributed by atoms with Gasteiger partial charge in [-0.05, 0) is 43.7 Å². The van der Waals surface area contributed by atoms with Gasteiger partial charge in [0.1, 0.15) is 0 Å². The van der Waals surface area contributed by atoms with Gasteiger partial charge < -0.3 is 0 Å². The standard InChI is InChI=1S/C20H29NO3S/c1-14(2)10-17(11-15(3)4)19-12-21(13-20(19)22)25(23,24)18-8-6-16(5)7-9-18/h6-9,14-15H,10-13H2,1-5H3. The molecule has 138 valence electrons. The minimum absolute atomic E-state index is 0.0491. The van der Waals surface area contributed by atoms with Crippen molar-refractivity contribution in [2.24, 2.45) is 11.8 Å². The summed E-state index contributed by atoms with van der Waals surface area (Å²) in [5.41, 5.74) is 2.84. The largest absolute Gasteiger partial charge is 0.293 e. The van der Waals surface area contributed by atoms with E-state index in [0.717, 1.165) is 24.0 Å². The molecule has 1 aromatic carbocycles. The van der Waals surface area contributed by atoms with Crippen molar-refractivity contribution in [3.05, 3.63) is 41.0 Å². The number of aryl methyl sites for hydroxylation is 1. The summed E-state index contributed by atoms with van der Waals surface area (Å²) in [7, 11) is -3.63. The maximum absolute atomic E-state index is 12.9. The Morgan fingerprint density at radius 3 is 2.00 bits per heavy atom. The summed E-state index contributed by atoms with van der Waals surface area (Å²) in [6.07, 6.45) is 1.69. The first kappa shape index (κ1) is 19.9. The fourth-order valence-electron chi connectivity index (χ4n) is 3.23. The van der Waals surface area contributed by atoms with Gasteiger partial charge in [0, 0.05) is 12.1 Å². The molecule has 0 aromatic heterocycles. The number of sulfonamides is 1. The smallest absolute Gasteiger partial charge is 0.243 e. The van der Waals surface area contributed by atoms with Crippen LogP contribution in [0.15, 0.2) is 40.3 Å². The summed E-state index contributed by atoms with van der Waals surface area (Å²) >= 11 is 0. The molecule has 1 heterocycles. The van der Waals surface area contributed by atoms with E-state index in [0.29, 0.717) is 17.4 Å². The number of hydrogen-bond acceptors (Lipinski definition) is 3. The fraction of sp³-hybridized carbons (Fsp3) is 0.550. The third-order valence-electron chi connectivity index (χ3n) is 4.39. The molecule has 2 rings (SSSR count). The molecule has 0 N–H and O–H groups in total. The van der Waals surface area contributed by atoms with Crippen molar-refractivity contribution in [1.29, 1.82) is 0 Å². The molecule has 0 amide bonds. The first-order valence-electron chi connectivity index (χ1n) is 8.92. The lowest BCUT2D eigenvalue weighted by molar-refractivity contribution is -0.114. The van der Waals surface area contributed by atoms with E-state index < -0.39 is 10.0 Å². The predicted molar refractivity (Wildman–Crippen MR) is 101 cm³/mol. The molecule has 1 fully saturated rings. The Hall–Kier alpha value is -1.46. The molecule has 1 aromatic rings. The lowest BCUT2D eigenvalue weighted by atomic mass is 9.90. The van der Waals surface area contributed by atoms with Gasteiger partial charge in [-0.2, -0.15) is 4.31 Å². The molecule has 5 heteroatoms. The van der Waals surface area contributed by atoms with Gasteiger partial charge in [0.05, 0.1) is 11.4 Å².